The van der Waals surface area contributed by atoms with E-state index in [-0.39, 0.29) is 5.91 Å². The number of aromatic nitrogens is 3. The van der Waals surface area contributed by atoms with Gasteiger partial charge in [-0.25, -0.2) is 4.68 Å². The normalized spacial score (nSPS) is 18.4. The first-order chi connectivity index (χ1) is 9.33. The van der Waals surface area contributed by atoms with Gasteiger partial charge in [-0.05, 0) is 25.1 Å². The molecule has 1 fully saturated rings. The molecule has 0 spiro atoms. The maximum Gasteiger partial charge on any atom is 0.277 e. The second kappa shape index (κ2) is 5.19. The lowest BCUT2D eigenvalue weighted by Gasteiger charge is -2.06. The van der Waals surface area contributed by atoms with E-state index >= 15 is 0 Å². The van der Waals surface area contributed by atoms with Crippen LogP contribution in [0.4, 0.5) is 5.69 Å². The van der Waals surface area contributed by atoms with E-state index in [4.69, 9.17) is 0 Å². The smallest absolute Gasteiger partial charge is 0.277 e. The van der Waals surface area contributed by atoms with Crippen LogP contribution in [0.5, 0.6) is 0 Å². The van der Waals surface area contributed by atoms with Gasteiger partial charge in [0.2, 0.25) is 0 Å². The van der Waals surface area contributed by atoms with Crippen LogP contribution in [-0.2, 0) is 0 Å². The summed E-state index contributed by atoms with van der Waals surface area (Å²) < 4.78 is 1.76. The van der Waals surface area contributed by atoms with Crippen molar-refractivity contribution in [3.63, 3.8) is 0 Å². The van der Waals surface area contributed by atoms with Crippen molar-refractivity contribution in [1.29, 1.82) is 0 Å². The summed E-state index contributed by atoms with van der Waals surface area (Å²) in [6, 6.07) is 9.62. The zero-order chi connectivity index (χ0) is 13.1. The number of carbonyl (C=O) groups is 1. The molecule has 0 saturated carbocycles. The molecule has 2 heterocycles. The lowest BCUT2D eigenvalue weighted by Crippen LogP contribution is -2.14. The number of amides is 1. The average Bonchev–Trinajstić information content (AvgIpc) is 3.11. The van der Waals surface area contributed by atoms with E-state index in [1.54, 1.807) is 10.9 Å². The number of nitrogens with one attached hydrogen (secondary N) is 2. The molecule has 1 aliphatic heterocycles. The highest BCUT2D eigenvalue weighted by Crippen LogP contribution is 2.14. The predicted molar refractivity (Wildman–Crippen MR) is 70.9 cm³/mol. The average molecular weight is 257 g/mol. The molecule has 0 aliphatic carbocycles. The van der Waals surface area contributed by atoms with Crippen LogP contribution in [0.15, 0.2) is 36.5 Å². The largest absolute Gasteiger partial charge is 0.321 e. The molecule has 1 aliphatic rings. The van der Waals surface area contributed by atoms with Gasteiger partial charge in [-0.3, -0.25) is 4.79 Å². The number of nitrogens with zero attached hydrogens (tertiary/aromatic N) is 3. The first-order valence-electron chi connectivity index (χ1n) is 6.32. The van der Waals surface area contributed by atoms with Crippen molar-refractivity contribution in [1.82, 2.24) is 20.3 Å². The summed E-state index contributed by atoms with van der Waals surface area (Å²) in [6.45, 7) is 1.86. The third kappa shape index (κ3) is 2.63. The Bertz CT molecular complexity index is 559. The number of benzene rings is 1. The minimum absolute atomic E-state index is 0.233. The standard InChI is InChI=1S/C13H15N5O/c19-13(15-10-4-2-1-3-5-10)12-9-18(17-16-12)11-6-7-14-8-11/h1-5,9,11,14H,6-8H2,(H,15,19)/t11-/m1/s1. The molecule has 2 aromatic rings. The van der Waals surface area contributed by atoms with Crippen LogP contribution >= 0.6 is 0 Å². The Kier molecular flexibility index (Phi) is 3.24. The Hall–Kier alpha value is -2.21. The fraction of sp³-hybridized carbons (Fsp3) is 0.308. The SMILES string of the molecule is O=C(Nc1ccccc1)c1cn([C@@H]2CCNC2)nn1. The number of carbonyl (C=O) groups excluding carboxylic acids is 1. The second-order valence-corrected chi connectivity index (χ2v) is 4.55. The van der Waals surface area contributed by atoms with Gasteiger partial charge in [0.05, 0.1) is 12.2 Å². The zero-order valence-corrected chi connectivity index (χ0v) is 10.4. The van der Waals surface area contributed by atoms with Crippen molar-refractivity contribution < 1.29 is 4.79 Å². The van der Waals surface area contributed by atoms with E-state index in [2.05, 4.69) is 20.9 Å². The van der Waals surface area contributed by atoms with Crippen LogP contribution in [0.3, 0.4) is 0 Å². The van der Waals surface area contributed by atoms with E-state index in [1.807, 2.05) is 30.3 Å². The first kappa shape index (κ1) is 11.9. The van der Waals surface area contributed by atoms with Gasteiger partial charge in [-0.1, -0.05) is 23.4 Å². The number of hydrogen-bond acceptors (Lipinski definition) is 4. The molecule has 6 heteroatoms. The van der Waals surface area contributed by atoms with Crippen LogP contribution in [0.2, 0.25) is 0 Å². The molecule has 1 aromatic heterocycles. The van der Waals surface area contributed by atoms with Crippen molar-refractivity contribution in [3.8, 4) is 0 Å². The fourth-order valence-electron chi connectivity index (χ4n) is 2.14. The van der Waals surface area contributed by atoms with Gasteiger partial charge in [0.15, 0.2) is 5.69 Å². The Labute approximate surface area is 110 Å². The number of rotatable bonds is 3. The third-order valence-corrected chi connectivity index (χ3v) is 3.18. The molecule has 0 bridgehead atoms. The summed E-state index contributed by atoms with van der Waals surface area (Å²) in [5, 5.41) is 14.0. The molecule has 1 amide bonds. The van der Waals surface area contributed by atoms with E-state index < -0.39 is 0 Å². The summed E-state index contributed by atoms with van der Waals surface area (Å²) in [5.41, 5.74) is 1.10. The van der Waals surface area contributed by atoms with Gasteiger partial charge < -0.3 is 10.6 Å². The van der Waals surface area contributed by atoms with Gasteiger partial charge in [0.1, 0.15) is 0 Å². The van der Waals surface area contributed by atoms with Gasteiger partial charge >= 0.3 is 0 Å². The molecule has 1 atom stereocenters. The van der Waals surface area contributed by atoms with E-state index in [9.17, 15) is 4.79 Å². The van der Waals surface area contributed by atoms with E-state index in [0.29, 0.717) is 11.7 Å². The Balaban J connectivity index is 1.70. The maximum absolute atomic E-state index is 12.0. The molecule has 3 rings (SSSR count). The second-order valence-electron chi connectivity index (χ2n) is 4.55. The monoisotopic (exact) mass is 257 g/mol. The minimum atomic E-state index is -0.233. The molecule has 19 heavy (non-hydrogen) atoms. The van der Waals surface area contributed by atoms with Crippen LogP contribution < -0.4 is 10.6 Å². The minimum Gasteiger partial charge on any atom is -0.321 e. The summed E-state index contributed by atoms with van der Waals surface area (Å²) in [7, 11) is 0. The highest BCUT2D eigenvalue weighted by molar-refractivity contribution is 6.02. The van der Waals surface area contributed by atoms with Gasteiger partial charge in [-0.2, -0.15) is 0 Å². The molecule has 98 valence electrons. The van der Waals surface area contributed by atoms with Crippen LogP contribution in [0.25, 0.3) is 0 Å². The van der Waals surface area contributed by atoms with Crippen molar-refractivity contribution in [2.45, 2.75) is 12.5 Å². The van der Waals surface area contributed by atoms with Gasteiger partial charge in [-0.15, -0.1) is 5.10 Å². The molecule has 1 saturated heterocycles. The van der Waals surface area contributed by atoms with Crippen molar-refractivity contribution >= 4 is 11.6 Å². The Morgan fingerprint density at radius 1 is 1.37 bits per heavy atom. The topological polar surface area (TPSA) is 71.8 Å². The quantitative estimate of drug-likeness (QED) is 0.862. The lowest BCUT2D eigenvalue weighted by atomic mass is 10.3. The van der Waals surface area contributed by atoms with Gasteiger partial charge in [0.25, 0.3) is 5.91 Å². The van der Waals surface area contributed by atoms with Crippen molar-refractivity contribution in [2.75, 3.05) is 18.4 Å². The molecular formula is C13H15N5O. The molecular weight excluding hydrogens is 242 g/mol. The third-order valence-electron chi connectivity index (χ3n) is 3.18. The van der Waals surface area contributed by atoms with Crippen molar-refractivity contribution in [3.05, 3.63) is 42.2 Å². The van der Waals surface area contributed by atoms with Crippen LogP contribution in [0.1, 0.15) is 23.0 Å². The molecule has 2 N–H and O–H groups in total. The number of anilines is 1. The van der Waals surface area contributed by atoms with Crippen LogP contribution in [-0.4, -0.2) is 34.0 Å². The molecule has 6 nitrogen and oxygen atoms in total. The Morgan fingerprint density at radius 2 is 2.21 bits per heavy atom. The lowest BCUT2D eigenvalue weighted by molar-refractivity contribution is 0.102. The highest BCUT2D eigenvalue weighted by atomic mass is 16.2. The predicted octanol–water partition coefficient (Wildman–Crippen LogP) is 1.06. The Morgan fingerprint density at radius 3 is 2.95 bits per heavy atom. The molecule has 0 unspecified atom stereocenters. The summed E-state index contributed by atoms with van der Waals surface area (Å²) >= 11 is 0. The first-order valence-corrected chi connectivity index (χ1v) is 6.32. The highest BCUT2D eigenvalue weighted by Gasteiger charge is 2.19. The fourth-order valence-corrected chi connectivity index (χ4v) is 2.14. The summed E-state index contributed by atoms with van der Waals surface area (Å²) in [5.74, 6) is -0.233. The summed E-state index contributed by atoms with van der Waals surface area (Å²) in [6.07, 6.45) is 2.72. The number of hydrogen-bond donors (Lipinski definition) is 2. The van der Waals surface area contributed by atoms with E-state index in [1.165, 1.54) is 0 Å². The molecule has 1 aromatic carbocycles. The maximum atomic E-state index is 12.0. The van der Waals surface area contributed by atoms with Gasteiger partial charge in [0, 0.05) is 12.2 Å². The van der Waals surface area contributed by atoms with Crippen molar-refractivity contribution in [2.24, 2.45) is 0 Å². The summed E-state index contributed by atoms with van der Waals surface area (Å²) in [4.78, 5) is 12.0. The number of para-hydroxylation sites is 1. The van der Waals surface area contributed by atoms with Crippen LogP contribution in [0, 0.1) is 0 Å². The molecule has 0 radical (unpaired) electrons. The zero-order valence-electron chi connectivity index (χ0n) is 10.4. The van der Waals surface area contributed by atoms with E-state index in [0.717, 1.165) is 25.2 Å².